The lowest BCUT2D eigenvalue weighted by Crippen LogP contribution is -2.34. The van der Waals surface area contributed by atoms with Gasteiger partial charge in [-0.25, -0.2) is 4.57 Å². The molecule has 0 heterocycles. The Kier molecular flexibility index (Phi) is 39.3. The van der Waals surface area contributed by atoms with Crippen LogP contribution >= 0.6 is 7.82 Å². The molecule has 354 valence electrons. The highest BCUT2D eigenvalue weighted by Crippen LogP contribution is 2.43. The summed E-state index contributed by atoms with van der Waals surface area (Å²) in [6.07, 6.45) is 44.3. The lowest BCUT2D eigenvalue weighted by atomic mass is 10.1. The van der Waals surface area contributed by atoms with Crippen molar-refractivity contribution in [1.82, 2.24) is 0 Å². The topological polar surface area (TPSA) is 212 Å². The summed E-state index contributed by atoms with van der Waals surface area (Å²) in [5.74, 6) is -2.60. The molecule has 0 amide bonds. The highest BCUT2D eigenvalue weighted by Gasteiger charge is 2.28. The maximum atomic E-state index is 12.6. The van der Waals surface area contributed by atoms with E-state index >= 15 is 0 Å². The largest absolute Gasteiger partial charge is 0.480 e. The number of unbranched alkanes of at least 4 members (excludes halogenated alkanes) is 14. The number of hydrogen-bond acceptors (Lipinski definition) is 11. The van der Waals surface area contributed by atoms with Gasteiger partial charge in [0.15, 0.2) is 6.10 Å². The zero-order chi connectivity index (χ0) is 45.9. The van der Waals surface area contributed by atoms with E-state index in [1.165, 1.54) is 57.8 Å². The van der Waals surface area contributed by atoms with Gasteiger partial charge in [-0.15, -0.1) is 0 Å². The molecule has 0 fully saturated rings. The van der Waals surface area contributed by atoms with Crippen LogP contribution in [0.5, 0.6) is 0 Å². The molecule has 0 radical (unpaired) electrons. The van der Waals surface area contributed by atoms with E-state index < -0.39 is 69.9 Å². The van der Waals surface area contributed by atoms with E-state index in [2.05, 4.69) is 23.6 Å². The van der Waals surface area contributed by atoms with Crippen LogP contribution in [0, 0.1) is 0 Å². The summed E-state index contributed by atoms with van der Waals surface area (Å²) in [6.45, 7) is 2.40. The Morgan fingerprint density at radius 3 is 1.81 bits per heavy atom. The number of nitrogens with two attached hydrogens (primary N) is 1. The molecule has 0 bridgehead atoms. The maximum Gasteiger partial charge on any atom is 0.472 e. The van der Waals surface area contributed by atoms with Crippen molar-refractivity contribution < 1.29 is 57.7 Å². The summed E-state index contributed by atoms with van der Waals surface area (Å²) >= 11 is 0. The second-order valence-corrected chi connectivity index (χ2v) is 16.7. The number of esters is 2. The Balaban J connectivity index is 4.60. The molecule has 0 aromatic rings. The SMILES string of the molecule is CC/C=C\C[C@H](O)/C=C/C=C\C/C=C\C=C\[C@H](O)/C=C\CCCC(=O)O[C@H](COC(=O)CCCCCCCCC/C=C\CCCCCCCC)COP(=O)(O)OC[C@H](N)C(=O)O. The molecule has 13 nitrogen and oxygen atoms in total. The van der Waals surface area contributed by atoms with Crippen LogP contribution in [-0.2, 0) is 37.5 Å². The first-order chi connectivity index (χ1) is 29.9. The number of aliphatic carboxylic acids is 1. The fourth-order valence-electron chi connectivity index (χ4n) is 5.68. The molecule has 14 heteroatoms. The van der Waals surface area contributed by atoms with Gasteiger partial charge in [0, 0.05) is 12.8 Å². The number of phosphoric ester groups is 1. The zero-order valence-electron chi connectivity index (χ0n) is 37.6. The van der Waals surface area contributed by atoms with Crippen LogP contribution in [0.4, 0.5) is 0 Å². The molecular formula is C48H80NO12P. The Morgan fingerprint density at radius 1 is 0.613 bits per heavy atom. The van der Waals surface area contributed by atoms with Gasteiger partial charge in [0.25, 0.3) is 0 Å². The zero-order valence-corrected chi connectivity index (χ0v) is 38.5. The number of carboxylic acids is 1. The number of aliphatic hydroxyl groups excluding tert-OH is 2. The van der Waals surface area contributed by atoms with E-state index in [1.807, 2.05) is 49.5 Å². The smallest absolute Gasteiger partial charge is 0.472 e. The first-order valence-corrected chi connectivity index (χ1v) is 24.3. The van der Waals surface area contributed by atoms with Gasteiger partial charge in [-0.1, -0.05) is 163 Å². The number of phosphoric acid groups is 1. The van der Waals surface area contributed by atoms with E-state index in [4.69, 9.17) is 24.8 Å². The minimum Gasteiger partial charge on any atom is -0.480 e. The summed E-state index contributed by atoms with van der Waals surface area (Å²) in [4.78, 5) is 46.0. The third-order valence-corrected chi connectivity index (χ3v) is 10.3. The molecule has 0 aliphatic carbocycles. The second kappa shape index (κ2) is 41.6. The van der Waals surface area contributed by atoms with Crippen molar-refractivity contribution in [3.05, 3.63) is 85.1 Å². The summed E-state index contributed by atoms with van der Waals surface area (Å²) < 4.78 is 32.6. The highest BCUT2D eigenvalue weighted by molar-refractivity contribution is 7.47. The Hall–Kier alpha value is -3.42. The number of allylic oxidation sites excluding steroid dienone is 10. The van der Waals surface area contributed by atoms with Crippen molar-refractivity contribution in [2.75, 3.05) is 19.8 Å². The number of ether oxygens (including phenoxy) is 2. The molecule has 0 aliphatic heterocycles. The highest BCUT2D eigenvalue weighted by atomic mass is 31.2. The van der Waals surface area contributed by atoms with Gasteiger partial charge in [0.05, 0.1) is 25.4 Å². The average molecular weight is 894 g/mol. The molecule has 1 unspecified atom stereocenters. The van der Waals surface area contributed by atoms with Crippen LogP contribution in [0.3, 0.4) is 0 Å². The maximum absolute atomic E-state index is 12.6. The number of carbonyl (C=O) groups is 3. The van der Waals surface area contributed by atoms with Crippen LogP contribution in [0.1, 0.15) is 155 Å². The number of carboxylic acid groups (broad SMARTS) is 1. The number of aliphatic hydroxyl groups is 2. The standard InChI is InChI=1S/C48H80NO12P/c1-3-5-7-8-9-10-11-12-13-14-15-16-17-18-22-25-31-37-46(52)58-39-44(40-59-62(56,57)60-41-45(49)48(54)55)61-47(53)38-32-26-30-36-43(51)35-29-24-21-19-20-23-28-34-42(50)33-27-6-4-2/h6,12-13,20-21,23-24,27-30,34-36,42-45,50-51H,3-5,7-11,14-19,22,25-26,31-33,37-41,49H2,1-2H3,(H,54,55)(H,56,57)/b13-12-,23-20-,24-21-,27-6-,34-28+,35-29+,36-30-/t42-,43-,44+,45-/m0/s1. The first-order valence-electron chi connectivity index (χ1n) is 22.8. The summed E-state index contributed by atoms with van der Waals surface area (Å²) in [5, 5.41) is 28.9. The van der Waals surface area contributed by atoms with Crippen LogP contribution in [0.25, 0.3) is 0 Å². The lowest BCUT2D eigenvalue weighted by Gasteiger charge is -2.20. The minimum atomic E-state index is -4.78. The third kappa shape index (κ3) is 40.6. The molecule has 0 saturated carbocycles. The second-order valence-electron chi connectivity index (χ2n) is 15.2. The van der Waals surface area contributed by atoms with Gasteiger partial charge in [-0.2, -0.15) is 0 Å². The Labute approximate surface area is 372 Å². The lowest BCUT2D eigenvalue weighted by molar-refractivity contribution is -0.161. The van der Waals surface area contributed by atoms with Crippen LogP contribution < -0.4 is 5.73 Å². The van der Waals surface area contributed by atoms with Crippen molar-refractivity contribution in [2.24, 2.45) is 5.73 Å². The number of carbonyl (C=O) groups excluding carboxylic acids is 2. The molecule has 0 aliphatic rings. The van der Waals surface area contributed by atoms with Gasteiger partial charge in [-0.3, -0.25) is 23.4 Å². The molecule has 0 rings (SSSR count). The molecule has 0 aromatic carbocycles. The van der Waals surface area contributed by atoms with Crippen molar-refractivity contribution in [2.45, 2.75) is 179 Å². The van der Waals surface area contributed by atoms with Crippen LogP contribution in [0.15, 0.2) is 85.1 Å². The fourth-order valence-corrected chi connectivity index (χ4v) is 6.46. The fraction of sp³-hybridized carbons (Fsp3) is 0.646. The number of hydrogen-bond donors (Lipinski definition) is 5. The minimum absolute atomic E-state index is 0.0300. The van der Waals surface area contributed by atoms with E-state index in [1.54, 1.807) is 30.4 Å². The molecular weight excluding hydrogens is 813 g/mol. The summed E-state index contributed by atoms with van der Waals surface area (Å²) in [7, 11) is -4.78. The van der Waals surface area contributed by atoms with E-state index in [-0.39, 0.29) is 12.8 Å². The third-order valence-electron chi connectivity index (χ3n) is 9.30. The normalized spacial score (nSPS) is 15.5. The van der Waals surface area contributed by atoms with Gasteiger partial charge < -0.3 is 35.4 Å². The van der Waals surface area contributed by atoms with Crippen molar-refractivity contribution >= 4 is 25.7 Å². The predicted octanol–water partition coefficient (Wildman–Crippen LogP) is 10.2. The van der Waals surface area contributed by atoms with Crippen LogP contribution in [0.2, 0.25) is 0 Å². The van der Waals surface area contributed by atoms with Gasteiger partial charge >= 0.3 is 25.7 Å². The van der Waals surface area contributed by atoms with Crippen molar-refractivity contribution in [3.8, 4) is 0 Å². The summed E-state index contributed by atoms with van der Waals surface area (Å²) in [5.41, 5.74) is 5.32. The molecule has 0 spiro atoms. The first kappa shape index (κ1) is 58.6. The Bertz CT molecular complexity index is 1410. The molecule has 6 N–H and O–H groups in total. The van der Waals surface area contributed by atoms with Gasteiger partial charge in [0.1, 0.15) is 12.6 Å². The van der Waals surface area contributed by atoms with Crippen LogP contribution in [-0.4, -0.2) is 82.3 Å². The number of rotatable bonds is 41. The summed E-state index contributed by atoms with van der Waals surface area (Å²) in [6, 6.07) is -1.56. The van der Waals surface area contributed by atoms with Gasteiger partial charge in [-0.05, 0) is 64.2 Å². The molecule has 0 aromatic heterocycles. The van der Waals surface area contributed by atoms with Crippen molar-refractivity contribution in [1.29, 1.82) is 0 Å². The van der Waals surface area contributed by atoms with E-state index in [0.29, 0.717) is 32.1 Å². The van der Waals surface area contributed by atoms with E-state index in [0.717, 1.165) is 38.5 Å². The average Bonchev–Trinajstić information content (AvgIpc) is 3.24. The predicted molar refractivity (Wildman–Crippen MR) is 247 cm³/mol. The molecule has 0 saturated heterocycles. The van der Waals surface area contributed by atoms with Gasteiger partial charge in [0.2, 0.25) is 0 Å². The quantitative estimate of drug-likeness (QED) is 0.0127. The van der Waals surface area contributed by atoms with Crippen molar-refractivity contribution in [3.63, 3.8) is 0 Å². The Morgan fingerprint density at radius 2 is 1.18 bits per heavy atom. The van der Waals surface area contributed by atoms with E-state index in [9.17, 15) is 34.1 Å². The molecule has 62 heavy (non-hydrogen) atoms. The molecule has 5 atom stereocenters. The monoisotopic (exact) mass is 894 g/mol.